The number of fused-ring (bicyclic) bond motifs is 2. The number of alkyl halides is 2. The zero-order valence-corrected chi connectivity index (χ0v) is 15.9. The van der Waals surface area contributed by atoms with Crippen LogP contribution in [0.1, 0.15) is 72.1 Å². The summed E-state index contributed by atoms with van der Waals surface area (Å²) in [5, 5.41) is -4.93. The molecule has 0 spiro atoms. The second-order valence-electron chi connectivity index (χ2n) is 8.82. The van der Waals surface area contributed by atoms with E-state index in [0.29, 0.717) is 0 Å². The Morgan fingerprint density at radius 3 is 2.40 bits per heavy atom. The molecule has 1 N–H and O–H groups in total. The van der Waals surface area contributed by atoms with Gasteiger partial charge in [-0.2, -0.15) is 17.2 Å². The molecule has 0 aromatic carbocycles. The summed E-state index contributed by atoms with van der Waals surface area (Å²) in [6.45, 7) is 6.27. The van der Waals surface area contributed by atoms with E-state index in [9.17, 15) is 22.0 Å². The summed E-state index contributed by atoms with van der Waals surface area (Å²) < 4.78 is 61.6. The van der Waals surface area contributed by atoms with E-state index in [1.807, 2.05) is 0 Å². The van der Waals surface area contributed by atoms with Crippen molar-refractivity contribution in [3.63, 3.8) is 0 Å². The van der Waals surface area contributed by atoms with Crippen molar-refractivity contribution in [1.82, 2.24) is 0 Å². The summed E-state index contributed by atoms with van der Waals surface area (Å²) in [7, 11) is -5.83. The zero-order valence-electron chi connectivity index (χ0n) is 15.1. The fourth-order valence-electron chi connectivity index (χ4n) is 5.63. The number of hydrogen-bond acceptors (Lipinski definition) is 4. The highest BCUT2D eigenvalue weighted by molar-refractivity contribution is 7.87. The van der Waals surface area contributed by atoms with Crippen LogP contribution in [-0.2, 0) is 19.6 Å². The smallest absolute Gasteiger partial charge is 0.460 e. The van der Waals surface area contributed by atoms with Crippen LogP contribution in [0.15, 0.2) is 0 Å². The topological polar surface area (TPSA) is 80.7 Å². The molecule has 2 aliphatic rings. The third kappa shape index (κ3) is 4.15. The van der Waals surface area contributed by atoms with Gasteiger partial charge in [-0.15, -0.1) is 0 Å². The van der Waals surface area contributed by atoms with Crippen molar-refractivity contribution >= 4 is 16.1 Å². The molecule has 2 bridgehead atoms. The Labute approximate surface area is 148 Å². The monoisotopic (exact) mass is 382 g/mol. The summed E-state index contributed by atoms with van der Waals surface area (Å²) in [6.07, 6.45) is 7.41. The Bertz CT molecular complexity index is 635. The maximum Gasteiger partial charge on any atom is 0.465 e. The molecule has 3 unspecified atom stereocenters. The van der Waals surface area contributed by atoms with Gasteiger partial charge in [-0.3, -0.25) is 4.55 Å². The first-order valence-corrected chi connectivity index (χ1v) is 10.2. The molecule has 2 rings (SSSR count). The Hall–Kier alpha value is -0.760. The summed E-state index contributed by atoms with van der Waals surface area (Å²) in [5.41, 5.74) is -0.265. The first-order valence-electron chi connectivity index (χ1n) is 8.79. The molecule has 0 saturated heterocycles. The van der Waals surface area contributed by atoms with Gasteiger partial charge in [0.1, 0.15) is 0 Å². The highest BCUT2D eigenvalue weighted by Crippen LogP contribution is 2.62. The number of ether oxygens (including phenoxy) is 1. The van der Waals surface area contributed by atoms with E-state index in [2.05, 4.69) is 20.8 Å². The SMILES string of the molecule is CCCC1(C)CC2(C)CCCC(COC(=O)C(F)(F)S(=O)(=O)O)(C1)C2. The molecule has 0 aliphatic heterocycles. The molecule has 0 aromatic rings. The molecular formula is C17H28F2O5S. The largest absolute Gasteiger partial charge is 0.465 e. The van der Waals surface area contributed by atoms with E-state index in [0.717, 1.165) is 51.4 Å². The predicted molar refractivity (Wildman–Crippen MR) is 88.7 cm³/mol. The maximum atomic E-state index is 13.4. The lowest BCUT2D eigenvalue weighted by molar-refractivity contribution is -0.172. The molecule has 2 fully saturated rings. The first kappa shape index (κ1) is 20.6. The van der Waals surface area contributed by atoms with Gasteiger partial charge in [-0.1, -0.05) is 33.6 Å². The van der Waals surface area contributed by atoms with Gasteiger partial charge in [-0.05, 0) is 49.4 Å². The van der Waals surface area contributed by atoms with Crippen LogP contribution in [-0.4, -0.2) is 30.8 Å². The van der Waals surface area contributed by atoms with E-state index in [-0.39, 0.29) is 17.4 Å². The van der Waals surface area contributed by atoms with Gasteiger partial charge in [-0.25, -0.2) is 4.79 Å². The second-order valence-corrected chi connectivity index (χ2v) is 10.3. The fraction of sp³-hybridized carbons (Fsp3) is 0.941. The summed E-state index contributed by atoms with van der Waals surface area (Å²) in [4.78, 5) is 11.6. The maximum absolute atomic E-state index is 13.4. The van der Waals surface area contributed by atoms with Gasteiger partial charge >= 0.3 is 21.3 Å². The Morgan fingerprint density at radius 2 is 1.84 bits per heavy atom. The lowest BCUT2D eigenvalue weighted by atomic mass is 9.48. The quantitative estimate of drug-likeness (QED) is 0.551. The molecule has 0 aromatic heterocycles. The van der Waals surface area contributed by atoms with Gasteiger partial charge in [0.25, 0.3) is 0 Å². The lowest BCUT2D eigenvalue weighted by Crippen LogP contribution is -2.50. The Kier molecular flexibility index (Phi) is 5.30. The molecule has 8 heteroatoms. The van der Waals surface area contributed by atoms with Crippen molar-refractivity contribution < 1.29 is 31.3 Å². The molecule has 0 heterocycles. The van der Waals surface area contributed by atoms with Crippen LogP contribution >= 0.6 is 0 Å². The third-order valence-corrected chi connectivity index (χ3v) is 6.68. The molecule has 25 heavy (non-hydrogen) atoms. The van der Waals surface area contributed by atoms with Gasteiger partial charge < -0.3 is 4.74 Å². The van der Waals surface area contributed by atoms with Crippen LogP contribution < -0.4 is 0 Å². The van der Waals surface area contributed by atoms with Crippen LogP contribution in [0, 0.1) is 16.2 Å². The number of hydrogen-bond donors (Lipinski definition) is 1. The molecule has 0 radical (unpaired) electrons. The van der Waals surface area contributed by atoms with Crippen molar-refractivity contribution in [2.75, 3.05) is 6.61 Å². The minimum atomic E-state index is -5.83. The van der Waals surface area contributed by atoms with Crippen molar-refractivity contribution in [1.29, 1.82) is 0 Å². The normalized spacial score (nSPS) is 36.1. The van der Waals surface area contributed by atoms with Crippen molar-refractivity contribution in [3.8, 4) is 0 Å². The van der Waals surface area contributed by atoms with Gasteiger partial charge in [0.15, 0.2) is 0 Å². The molecule has 3 atom stereocenters. The highest BCUT2D eigenvalue weighted by Gasteiger charge is 2.57. The van der Waals surface area contributed by atoms with Crippen LogP contribution in [0.3, 0.4) is 0 Å². The van der Waals surface area contributed by atoms with Crippen LogP contribution in [0.25, 0.3) is 0 Å². The third-order valence-electron chi connectivity index (χ3n) is 5.87. The highest BCUT2D eigenvalue weighted by atomic mass is 32.2. The van der Waals surface area contributed by atoms with Gasteiger partial charge in [0, 0.05) is 5.41 Å². The summed E-state index contributed by atoms with van der Waals surface area (Å²) in [5.74, 6) is -2.19. The standard InChI is InChI=1S/C17H28F2O5S/c1-4-6-14(2)9-15(3)7-5-8-16(10-14,11-15)12-24-13(20)17(18,19)25(21,22)23/h4-12H2,1-3H3,(H,21,22,23). The number of esters is 1. The zero-order chi connectivity index (χ0) is 19.1. The molecule has 146 valence electrons. The summed E-state index contributed by atoms with van der Waals surface area (Å²) in [6, 6.07) is 0. The molecule has 0 amide bonds. The van der Waals surface area contributed by atoms with E-state index >= 15 is 0 Å². The molecule has 2 saturated carbocycles. The fourth-order valence-corrected chi connectivity index (χ4v) is 5.90. The average Bonchev–Trinajstić information content (AvgIpc) is 2.41. The second kappa shape index (κ2) is 6.44. The van der Waals surface area contributed by atoms with E-state index in [1.54, 1.807) is 0 Å². The minimum Gasteiger partial charge on any atom is -0.460 e. The van der Waals surface area contributed by atoms with Crippen LogP contribution in [0.4, 0.5) is 8.78 Å². The molecule has 2 aliphatic carbocycles. The lowest BCUT2D eigenvalue weighted by Gasteiger charge is -2.57. The Balaban J connectivity index is 2.18. The van der Waals surface area contributed by atoms with Crippen molar-refractivity contribution in [2.45, 2.75) is 77.4 Å². The van der Waals surface area contributed by atoms with Crippen LogP contribution in [0.2, 0.25) is 0 Å². The van der Waals surface area contributed by atoms with Gasteiger partial charge in [0.05, 0.1) is 6.61 Å². The van der Waals surface area contributed by atoms with Crippen molar-refractivity contribution in [3.05, 3.63) is 0 Å². The Morgan fingerprint density at radius 1 is 1.20 bits per heavy atom. The number of carbonyl (C=O) groups excluding carboxylic acids is 1. The van der Waals surface area contributed by atoms with Crippen molar-refractivity contribution in [2.24, 2.45) is 16.2 Å². The van der Waals surface area contributed by atoms with Gasteiger partial charge in [0.2, 0.25) is 0 Å². The first-order chi connectivity index (χ1) is 11.3. The number of halogens is 2. The number of rotatable bonds is 6. The molecular weight excluding hydrogens is 354 g/mol. The summed E-state index contributed by atoms with van der Waals surface area (Å²) >= 11 is 0. The van der Waals surface area contributed by atoms with E-state index < -0.39 is 26.8 Å². The predicted octanol–water partition coefficient (Wildman–Crippen LogP) is 4.18. The minimum absolute atomic E-state index is 0.0557. The molecule has 5 nitrogen and oxygen atoms in total. The number of carbonyl (C=O) groups is 1. The van der Waals surface area contributed by atoms with Crippen LogP contribution in [0.5, 0.6) is 0 Å². The average molecular weight is 382 g/mol. The van der Waals surface area contributed by atoms with E-state index in [1.165, 1.54) is 0 Å². The van der Waals surface area contributed by atoms with E-state index in [4.69, 9.17) is 9.29 Å².